The zero-order chi connectivity index (χ0) is 22.3. The van der Waals surface area contributed by atoms with Crippen LogP contribution in [0.25, 0.3) is 0 Å². The third-order valence-electron chi connectivity index (χ3n) is 3.90. The van der Waals surface area contributed by atoms with Crippen LogP contribution in [0.4, 0.5) is 13.6 Å². The van der Waals surface area contributed by atoms with Crippen LogP contribution in [0.1, 0.15) is 31.9 Å². The van der Waals surface area contributed by atoms with Crippen molar-refractivity contribution in [3.63, 3.8) is 0 Å². The normalized spacial score (nSPS) is 12.1. The number of ether oxygens (including phenoxy) is 3. The predicted molar refractivity (Wildman–Crippen MR) is 106 cm³/mol. The fourth-order valence-electron chi connectivity index (χ4n) is 2.62. The van der Waals surface area contributed by atoms with Gasteiger partial charge < -0.3 is 19.5 Å². The van der Waals surface area contributed by atoms with Gasteiger partial charge in [0.25, 0.3) is 0 Å². The molecule has 1 amide bonds. The lowest BCUT2D eigenvalue weighted by molar-refractivity contribution is -0.143. The lowest BCUT2D eigenvalue weighted by atomic mass is 10.1. The van der Waals surface area contributed by atoms with Crippen molar-refractivity contribution in [2.75, 3.05) is 7.11 Å². The Morgan fingerprint density at radius 2 is 1.63 bits per heavy atom. The summed E-state index contributed by atoms with van der Waals surface area (Å²) in [4.78, 5) is 24.0. The molecule has 1 atom stereocenters. The number of alkyl carbamates (subject to hydrolysis) is 1. The van der Waals surface area contributed by atoms with Crippen LogP contribution in [0.15, 0.2) is 42.5 Å². The first-order chi connectivity index (χ1) is 14.1. The van der Waals surface area contributed by atoms with E-state index in [9.17, 15) is 18.4 Å². The minimum atomic E-state index is -1.18. The number of halogens is 2. The lowest BCUT2D eigenvalue weighted by Crippen LogP contribution is -2.45. The Hall–Kier alpha value is -3.16. The molecule has 0 aliphatic heterocycles. The van der Waals surface area contributed by atoms with Crippen LogP contribution in [0, 0.1) is 11.6 Å². The molecule has 30 heavy (non-hydrogen) atoms. The van der Waals surface area contributed by atoms with E-state index in [4.69, 9.17) is 9.47 Å². The Kier molecular flexibility index (Phi) is 7.74. The third kappa shape index (κ3) is 7.02. The minimum absolute atomic E-state index is 0.000980. The molecule has 6 nitrogen and oxygen atoms in total. The smallest absolute Gasteiger partial charge is 0.408 e. The van der Waals surface area contributed by atoms with Crippen molar-refractivity contribution >= 4 is 12.1 Å². The van der Waals surface area contributed by atoms with Crippen molar-refractivity contribution in [3.8, 4) is 5.75 Å². The third-order valence-corrected chi connectivity index (χ3v) is 3.90. The van der Waals surface area contributed by atoms with Gasteiger partial charge in [-0.1, -0.05) is 30.3 Å². The van der Waals surface area contributed by atoms with Gasteiger partial charge in [-0.05, 0) is 44.0 Å². The molecule has 0 radical (unpaired) electrons. The molecule has 2 rings (SSSR count). The molecular weight excluding hydrogens is 396 g/mol. The fourth-order valence-corrected chi connectivity index (χ4v) is 2.62. The number of esters is 1. The number of carbonyl (C=O) groups is 2. The van der Waals surface area contributed by atoms with Gasteiger partial charge in [0, 0.05) is 6.42 Å². The summed E-state index contributed by atoms with van der Waals surface area (Å²) in [5, 5.41) is 2.36. The maximum absolute atomic E-state index is 14.4. The van der Waals surface area contributed by atoms with Crippen LogP contribution in [0.5, 0.6) is 5.75 Å². The molecule has 0 aromatic heterocycles. The summed E-state index contributed by atoms with van der Waals surface area (Å²) in [6.45, 7) is 5.00. The molecule has 0 saturated heterocycles. The van der Waals surface area contributed by atoms with Gasteiger partial charge in [0.2, 0.25) is 0 Å². The van der Waals surface area contributed by atoms with Gasteiger partial charge >= 0.3 is 12.1 Å². The van der Waals surface area contributed by atoms with Crippen LogP contribution in [0.3, 0.4) is 0 Å². The van der Waals surface area contributed by atoms with E-state index >= 15 is 0 Å². The highest BCUT2D eigenvalue weighted by atomic mass is 19.1. The second-order valence-corrected chi connectivity index (χ2v) is 7.59. The van der Waals surface area contributed by atoms with Crippen molar-refractivity contribution in [3.05, 3.63) is 65.2 Å². The second kappa shape index (κ2) is 10.0. The molecule has 0 fully saturated rings. The molecule has 0 aliphatic carbocycles. The predicted octanol–water partition coefficient (Wildman–Crippen LogP) is 4.15. The Balaban J connectivity index is 2.12. The number of carbonyl (C=O) groups excluding carboxylic acids is 2. The Bertz CT molecular complexity index is 858. The number of hydrogen-bond acceptors (Lipinski definition) is 5. The summed E-state index contributed by atoms with van der Waals surface area (Å²) in [6, 6.07) is 9.87. The first kappa shape index (κ1) is 23.1. The number of benzene rings is 2. The van der Waals surface area contributed by atoms with Crippen LogP contribution in [-0.4, -0.2) is 30.8 Å². The van der Waals surface area contributed by atoms with Gasteiger partial charge in [0.15, 0.2) is 17.4 Å². The number of methoxy groups -OCH3 is 1. The average molecular weight is 421 g/mol. The Morgan fingerprint density at radius 3 is 2.17 bits per heavy atom. The molecular formula is C22H25F2NO5. The molecule has 0 heterocycles. The molecule has 0 unspecified atom stereocenters. The highest BCUT2D eigenvalue weighted by Gasteiger charge is 2.26. The van der Waals surface area contributed by atoms with Crippen molar-refractivity contribution < 1.29 is 32.6 Å². The summed E-state index contributed by atoms with van der Waals surface area (Å²) in [7, 11) is 1.15. The molecule has 0 aliphatic rings. The van der Waals surface area contributed by atoms with Crippen molar-refractivity contribution in [1.82, 2.24) is 5.32 Å². The molecule has 1 N–H and O–H groups in total. The fraction of sp³-hybridized carbons (Fsp3) is 0.364. The van der Waals surface area contributed by atoms with E-state index in [1.54, 1.807) is 45.0 Å². The minimum Gasteiger partial charge on any atom is -0.483 e. The van der Waals surface area contributed by atoms with E-state index in [-0.39, 0.29) is 18.6 Å². The summed E-state index contributed by atoms with van der Waals surface area (Å²) < 4.78 is 43.9. The first-order valence-electron chi connectivity index (χ1n) is 9.31. The van der Waals surface area contributed by atoms with E-state index in [0.717, 1.165) is 24.8 Å². The standard InChI is InChI=1S/C22H25F2NO5/c1-22(2,3)30-21(27)25-18(20(26)28-4)12-15-10-16(23)19(17(24)11-15)29-13-14-8-6-5-7-9-14/h5-11,18H,12-13H2,1-4H3,(H,25,27)/t18-/m0/s1. The van der Waals surface area contributed by atoms with E-state index in [2.05, 4.69) is 10.1 Å². The SMILES string of the molecule is COC(=O)[C@H](Cc1cc(F)c(OCc2ccccc2)c(F)c1)NC(=O)OC(C)(C)C. The monoisotopic (exact) mass is 421 g/mol. The maximum atomic E-state index is 14.4. The number of amides is 1. The number of rotatable bonds is 7. The van der Waals surface area contributed by atoms with Crippen molar-refractivity contribution in [2.45, 2.75) is 45.4 Å². The van der Waals surface area contributed by atoms with Gasteiger partial charge in [0.05, 0.1) is 7.11 Å². The lowest BCUT2D eigenvalue weighted by Gasteiger charge is -2.22. The number of hydrogen-bond donors (Lipinski definition) is 1. The molecule has 8 heteroatoms. The Labute approximate surface area is 174 Å². The molecule has 2 aromatic carbocycles. The summed E-state index contributed by atoms with van der Waals surface area (Å²) >= 11 is 0. The molecule has 0 spiro atoms. The van der Waals surface area contributed by atoms with E-state index in [1.807, 2.05) is 6.07 Å². The van der Waals surface area contributed by atoms with Gasteiger partial charge in [-0.15, -0.1) is 0 Å². The van der Waals surface area contributed by atoms with E-state index in [0.29, 0.717) is 0 Å². The van der Waals surface area contributed by atoms with E-state index < -0.39 is 41.1 Å². The highest BCUT2D eigenvalue weighted by molar-refractivity contribution is 5.81. The van der Waals surface area contributed by atoms with Gasteiger partial charge in [-0.2, -0.15) is 0 Å². The van der Waals surface area contributed by atoms with Crippen LogP contribution in [-0.2, 0) is 27.3 Å². The van der Waals surface area contributed by atoms with E-state index in [1.165, 1.54) is 0 Å². The summed E-state index contributed by atoms with van der Waals surface area (Å²) in [6.07, 6.45) is -1.04. The number of nitrogens with one attached hydrogen (secondary N) is 1. The quantitative estimate of drug-likeness (QED) is 0.680. The summed E-state index contributed by atoms with van der Waals surface area (Å²) in [5.41, 5.74) is 0.122. The molecule has 2 aromatic rings. The van der Waals surface area contributed by atoms with Gasteiger partial charge in [0.1, 0.15) is 18.2 Å². The second-order valence-electron chi connectivity index (χ2n) is 7.59. The van der Waals surface area contributed by atoms with Gasteiger partial charge in [-0.25, -0.2) is 18.4 Å². The maximum Gasteiger partial charge on any atom is 0.408 e. The largest absolute Gasteiger partial charge is 0.483 e. The zero-order valence-corrected chi connectivity index (χ0v) is 17.3. The first-order valence-corrected chi connectivity index (χ1v) is 9.31. The van der Waals surface area contributed by atoms with Crippen molar-refractivity contribution in [1.29, 1.82) is 0 Å². The topological polar surface area (TPSA) is 73.9 Å². The van der Waals surface area contributed by atoms with Crippen LogP contribution < -0.4 is 10.1 Å². The van der Waals surface area contributed by atoms with Crippen molar-refractivity contribution in [2.24, 2.45) is 0 Å². The summed E-state index contributed by atoms with van der Waals surface area (Å²) in [5.74, 6) is -3.12. The average Bonchev–Trinajstić information content (AvgIpc) is 2.65. The van der Waals surface area contributed by atoms with Crippen LogP contribution in [0.2, 0.25) is 0 Å². The Morgan fingerprint density at radius 1 is 1.03 bits per heavy atom. The highest BCUT2D eigenvalue weighted by Crippen LogP contribution is 2.25. The van der Waals surface area contributed by atoms with Gasteiger partial charge in [-0.3, -0.25) is 0 Å². The molecule has 0 bridgehead atoms. The molecule has 0 saturated carbocycles. The molecule has 162 valence electrons. The zero-order valence-electron chi connectivity index (χ0n) is 17.3. The van der Waals surface area contributed by atoms with Crippen LogP contribution >= 0.6 is 0 Å².